The molecule has 6 nitrogen and oxygen atoms in total. The van der Waals surface area contributed by atoms with Gasteiger partial charge >= 0.3 is 0 Å². The minimum Gasteiger partial charge on any atom is -0.351 e. The molecule has 2 atom stereocenters. The van der Waals surface area contributed by atoms with Gasteiger partial charge < -0.3 is 5.32 Å². The van der Waals surface area contributed by atoms with Crippen LogP contribution in [0.5, 0.6) is 0 Å². The van der Waals surface area contributed by atoms with E-state index in [-0.39, 0.29) is 29.2 Å². The molecular formula is C17H20N2O4S4. The highest BCUT2D eigenvalue weighted by molar-refractivity contribution is 8.26. The van der Waals surface area contributed by atoms with Gasteiger partial charge in [0.1, 0.15) is 10.4 Å². The van der Waals surface area contributed by atoms with Gasteiger partial charge in [0.25, 0.3) is 5.91 Å². The Morgan fingerprint density at radius 2 is 2.19 bits per heavy atom. The Balaban J connectivity index is 1.79. The summed E-state index contributed by atoms with van der Waals surface area (Å²) in [6, 6.07) is 2.63. The van der Waals surface area contributed by atoms with Crippen LogP contribution in [0.1, 0.15) is 25.1 Å². The zero-order valence-corrected chi connectivity index (χ0v) is 18.1. The zero-order valence-electron chi connectivity index (χ0n) is 14.9. The summed E-state index contributed by atoms with van der Waals surface area (Å²) in [6.07, 6.45) is 2.18. The van der Waals surface area contributed by atoms with Crippen molar-refractivity contribution in [2.45, 2.75) is 32.4 Å². The van der Waals surface area contributed by atoms with E-state index in [1.807, 2.05) is 31.4 Å². The Kier molecular flexibility index (Phi) is 6.09. The molecule has 2 saturated heterocycles. The molecule has 0 spiro atoms. The predicted molar refractivity (Wildman–Crippen MR) is 113 cm³/mol. The van der Waals surface area contributed by atoms with Gasteiger partial charge in [-0.15, -0.1) is 11.3 Å². The van der Waals surface area contributed by atoms with Crippen molar-refractivity contribution in [3.63, 3.8) is 0 Å². The molecule has 1 N–H and O–H groups in total. The number of carbonyl (C=O) groups is 2. The highest BCUT2D eigenvalue weighted by atomic mass is 32.2. The zero-order chi connectivity index (χ0) is 19.8. The Labute approximate surface area is 172 Å². The Morgan fingerprint density at radius 3 is 2.74 bits per heavy atom. The van der Waals surface area contributed by atoms with Gasteiger partial charge in [-0.1, -0.05) is 43.9 Å². The maximum atomic E-state index is 12.9. The molecule has 0 radical (unpaired) electrons. The third kappa shape index (κ3) is 4.61. The van der Waals surface area contributed by atoms with Crippen LogP contribution in [-0.2, 0) is 19.4 Å². The van der Waals surface area contributed by atoms with E-state index in [4.69, 9.17) is 12.2 Å². The molecule has 2 aliphatic rings. The van der Waals surface area contributed by atoms with Gasteiger partial charge in [0, 0.05) is 10.9 Å². The van der Waals surface area contributed by atoms with Crippen molar-refractivity contribution in [3.8, 4) is 0 Å². The van der Waals surface area contributed by atoms with Gasteiger partial charge in [0.05, 0.1) is 16.4 Å². The monoisotopic (exact) mass is 444 g/mol. The molecule has 0 aliphatic carbocycles. The fourth-order valence-corrected chi connectivity index (χ4v) is 6.86. The molecular weight excluding hydrogens is 424 g/mol. The van der Waals surface area contributed by atoms with E-state index in [2.05, 4.69) is 5.32 Å². The first-order valence-corrected chi connectivity index (χ1v) is 12.4. The average molecular weight is 445 g/mol. The van der Waals surface area contributed by atoms with Crippen LogP contribution in [0.15, 0.2) is 22.4 Å². The number of rotatable bonds is 5. The first-order valence-electron chi connectivity index (χ1n) is 8.49. The highest BCUT2D eigenvalue weighted by Crippen LogP contribution is 2.36. The fourth-order valence-electron chi connectivity index (χ4n) is 3.14. The standard InChI is InChI=1S/C17H20N2O4S4/c1-10(2)14(15(20)18-11-5-7-27(22,23)9-11)19-16(21)13(26-17(19)24)8-12-4-3-6-25-12/h3-4,6,8,10-11,14H,5,7,9H2,1-2H3,(H,18,20). The van der Waals surface area contributed by atoms with Crippen LogP contribution in [0.3, 0.4) is 0 Å². The number of sulfone groups is 1. The molecule has 2 amide bonds. The number of hydrogen-bond donors (Lipinski definition) is 1. The second-order valence-corrected chi connectivity index (χ2v) is 11.7. The Hall–Kier alpha value is -1.23. The van der Waals surface area contributed by atoms with Crippen molar-refractivity contribution in [2.24, 2.45) is 5.92 Å². The second-order valence-electron chi connectivity index (χ2n) is 6.86. The van der Waals surface area contributed by atoms with Crippen LogP contribution in [-0.4, -0.2) is 53.0 Å². The largest absolute Gasteiger partial charge is 0.351 e. The van der Waals surface area contributed by atoms with Crippen LogP contribution < -0.4 is 5.32 Å². The lowest BCUT2D eigenvalue weighted by atomic mass is 10.0. The second kappa shape index (κ2) is 8.02. The third-order valence-electron chi connectivity index (χ3n) is 4.40. The first kappa shape index (κ1) is 20.5. The van der Waals surface area contributed by atoms with Crippen LogP contribution in [0.4, 0.5) is 0 Å². The van der Waals surface area contributed by atoms with Gasteiger partial charge in [0.2, 0.25) is 5.91 Å². The highest BCUT2D eigenvalue weighted by Gasteiger charge is 2.43. The van der Waals surface area contributed by atoms with E-state index in [1.165, 1.54) is 28.0 Å². The predicted octanol–water partition coefficient (Wildman–Crippen LogP) is 2.28. The van der Waals surface area contributed by atoms with Crippen LogP contribution in [0, 0.1) is 5.92 Å². The van der Waals surface area contributed by atoms with Crippen LogP contribution in [0.2, 0.25) is 0 Å². The number of thiocarbonyl (C=S) groups is 1. The number of carbonyl (C=O) groups excluding carboxylic acids is 2. The summed E-state index contributed by atoms with van der Waals surface area (Å²) < 4.78 is 23.6. The van der Waals surface area contributed by atoms with Crippen molar-refractivity contribution in [2.75, 3.05) is 11.5 Å². The van der Waals surface area contributed by atoms with Crippen LogP contribution in [0.25, 0.3) is 6.08 Å². The molecule has 3 heterocycles. The van der Waals surface area contributed by atoms with E-state index in [0.717, 1.165) is 4.88 Å². The normalized spacial score (nSPS) is 24.8. The minimum absolute atomic E-state index is 0.0553. The maximum Gasteiger partial charge on any atom is 0.266 e. The van der Waals surface area contributed by atoms with Gasteiger partial charge in [-0.25, -0.2) is 8.42 Å². The number of thiophene rings is 1. The average Bonchev–Trinajstić information content (AvgIpc) is 3.25. The molecule has 10 heteroatoms. The molecule has 146 valence electrons. The lowest BCUT2D eigenvalue weighted by Gasteiger charge is -2.29. The third-order valence-corrected chi connectivity index (χ3v) is 8.31. The van der Waals surface area contributed by atoms with Gasteiger partial charge in [-0.05, 0) is 29.9 Å². The van der Waals surface area contributed by atoms with Crippen molar-refractivity contribution in [1.82, 2.24) is 10.2 Å². The summed E-state index contributed by atoms with van der Waals surface area (Å²) in [5, 5.41) is 4.72. The molecule has 0 saturated carbocycles. The minimum atomic E-state index is -3.10. The van der Waals surface area contributed by atoms with Crippen molar-refractivity contribution < 1.29 is 18.0 Å². The maximum absolute atomic E-state index is 12.9. The molecule has 27 heavy (non-hydrogen) atoms. The topological polar surface area (TPSA) is 83.6 Å². The van der Waals surface area contributed by atoms with Crippen molar-refractivity contribution >= 4 is 67.4 Å². The lowest BCUT2D eigenvalue weighted by Crippen LogP contribution is -2.53. The SMILES string of the molecule is CC(C)C(C(=O)NC1CCS(=O)(=O)C1)N1C(=O)C(=Cc2cccs2)SC1=S. The Morgan fingerprint density at radius 1 is 1.44 bits per heavy atom. The smallest absolute Gasteiger partial charge is 0.266 e. The van der Waals surface area contributed by atoms with E-state index in [0.29, 0.717) is 15.6 Å². The molecule has 1 aromatic heterocycles. The summed E-state index contributed by atoms with van der Waals surface area (Å²) in [5.74, 6) is -0.798. The molecule has 2 fully saturated rings. The summed E-state index contributed by atoms with van der Waals surface area (Å²) in [4.78, 5) is 28.6. The van der Waals surface area contributed by atoms with E-state index in [1.54, 1.807) is 6.08 Å². The number of nitrogens with one attached hydrogen (secondary N) is 1. The number of hydrogen-bond acceptors (Lipinski definition) is 7. The molecule has 1 aromatic rings. The lowest BCUT2D eigenvalue weighted by molar-refractivity contribution is -0.134. The summed E-state index contributed by atoms with van der Waals surface area (Å²) >= 11 is 8.08. The van der Waals surface area contributed by atoms with Crippen molar-refractivity contribution in [3.05, 3.63) is 27.3 Å². The van der Waals surface area contributed by atoms with Crippen LogP contribution >= 0.6 is 35.3 Å². The van der Waals surface area contributed by atoms with Gasteiger partial charge in [0.15, 0.2) is 9.84 Å². The quantitative estimate of drug-likeness (QED) is 0.554. The van der Waals surface area contributed by atoms with E-state index in [9.17, 15) is 18.0 Å². The number of thioether (sulfide) groups is 1. The Bertz CT molecular complexity index is 890. The first-order chi connectivity index (χ1) is 12.7. The molecule has 0 aromatic carbocycles. The number of amides is 2. The molecule has 0 bridgehead atoms. The summed E-state index contributed by atoms with van der Waals surface area (Å²) in [5.41, 5.74) is 0. The summed E-state index contributed by atoms with van der Waals surface area (Å²) in [7, 11) is -3.10. The van der Waals surface area contributed by atoms with Crippen molar-refractivity contribution in [1.29, 1.82) is 0 Å². The molecule has 2 aliphatic heterocycles. The van der Waals surface area contributed by atoms with Gasteiger partial charge in [-0.2, -0.15) is 0 Å². The molecule has 3 rings (SSSR count). The fraction of sp³-hybridized carbons (Fsp3) is 0.471. The number of nitrogens with zero attached hydrogens (tertiary/aromatic N) is 1. The van der Waals surface area contributed by atoms with E-state index < -0.39 is 21.9 Å². The van der Waals surface area contributed by atoms with E-state index >= 15 is 0 Å². The molecule has 2 unspecified atom stereocenters. The summed E-state index contributed by atoms with van der Waals surface area (Å²) in [6.45, 7) is 3.69. The van der Waals surface area contributed by atoms with Gasteiger partial charge in [-0.3, -0.25) is 14.5 Å².